The molecule has 0 aromatic heterocycles. The first kappa shape index (κ1) is 14.3. The summed E-state index contributed by atoms with van der Waals surface area (Å²) in [6.07, 6.45) is 7.36. The first-order chi connectivity index (χ1) is 8.65. The molecule has 1 unspecified atom stereocenters. The van der Waals surface area contributed by atoms with Crippen molar-refractivity contribution in [3.63, 3.8) is 0 Å². The third kappa shape index (κ3) is 4.24. The Kier molecular flexibility index (Phi) is 5.50. The predicted octanol–water partition coefficient (Wildman–Crippen LogP) is 3.13. The molecule has 0 spiro atoms. The van der Waals surface area contributed by atoms with Crippen LogP contribution in [0.3, 0.4) is 0 Å². The molecule has 1 aliphatic heterocycles. The van der Waals surface area contributed by atoms with Crippen molar-refractivity contribution in [2.24, 2.45) is 17.8 Å². The van der Waals surface area contributed by atoms with Crippen LogP contribution in [0.25, 0.3) is 0 Å². The summed E-state index contributed by atoms with van der Waals surface area (Å²) in [4.78, 5) is 2.69. The summed E-state index contributed by atoms with van der Waals surface area (Å²) in [6.45, 7) is 12.1. The Morgan fingerprint density at radius 2 is 1.89 bits per heavy atom. The minimum Gasteiger partial charge on any atom is -0.311 e. The van der Waals surface area contributed by atoms with Crippen molar-refractivity contribution in [2.45, 2.75) is 58.9 Å². The summed E-state index contributed by atoms with van der Waals surface area (Å²) in [5.41, 5.74) is 0. The van der Waals surface area contributed by atoms with Crippen molar-refractivity contribution in [3.8, 4) is 0 Å². The normalized spacial score (nSPS) is 35.0. The molecule has 2 nitrogen and oxygen atoms in total. The highest BCUT2D eigenvalue weighted by molar-refractivity contribution is 4.81. The average molecular weight is 252 g/mol. The lowest BCUT2D eigenvalue weighted by Crippen LogP contribution is -2.53. The molecule has 18 heavy (non-hydrogen) atoms. The fraction of sp³-hybridized carbons (Fsp3) is 1.00. The topological polar surface area (TPSA) is 15.3 Å². The lowest BCUT2D eigenvalue weighted by Gasteiger charge is -2.37. The van der Waals surface area contributed by atoms with Gasteiger partial charge < -0.3 is 10.2 Å². The van der Waals surface area contributed by atoms with E-state index in [2.05, 4.69) is 31.0 Å². The van der Waals surface area contributed by atoms with Gasteiger partial charge in [-0.05, 0) is 30.7 Å². The number of rotatable bonds is 4. The van der Waals surface area contributed by atoms with Gasteiger partial charge in [0.1, 0.15) is 0 Å². The number of hydrogen-bond acceptors (Lipinski definition) is 2. The van der Waals surface area contributed by atoms with E-state index in [1.54, 1.807) is 0 Å². The number of nitrogens with one attached hydrogen (secondary N) is 1. The molecule has 1 saturated heterocycles. The Morgan fingerprint density at radius 1 is 1.17 bits per heavy atom. The summed E-state index contributed by atoms with van der Waals surface area (Å²) >= 11 is 0. The second-order valence-corrected chi connectivity index (χ2v) is 7.02. The quantitative estimate of drug-likeness (QED) is 0.827. The molecule has 0 aromatic carbocycles. The Labute approximate surface area is 114 Å². The molecule has 1 N–H and O–H groups in total. The molecular formula is C16H32N2. The van der Waals surface area contributed by atoms with Crippen molar-refractivity contribution in [1.82, 2.24) is 10.2 Å². The maximum atomic E-state index is 3.65. The standard InChI is InChI=1S/C16H32N2/c1-13(2)16-12-18(11-9-17-16)10-8-15-6-4-14(3)5-7-15/h13-17H,4-12H2,1-3H3. The van der Waals surface area contributed by atoms with Gasteiger partial charge in [-0.15, -0.1) is 0 Å². The molecule has 2 rings (SSSR count). The van der Waals surface area contributed by atoms with E-state index in [0.717, 1.165) is 17.8 Å². The van der Waals surface area contributed by atoms with E-state index >= 15 is 0 Å². The molecule has 1 atom stereocenters. The van der Waals surface area contributed by atoms with Crippen LogP contribution in [0.15, 0.2) is 0 Å². The Morgan fingerprint density at radius 3 is 2.56 bits per heavy atom. The van der Waals surface area contributed by atoms with E-state index in [0.29, 0.717) is 6.04 Å². The first-order valence-electron chi connectivity index (χ1n) is 8.11. The molecule has 1 heterocycles. The minimum absolute atomic E-state index is 0.713. The van der Waals surface area contributed by atoms with Crippen molar-refractivity contribution in [3.05, 3.63) is 0 Å². The van der Waals surface area contributed by atoms with Gasteiger partial charge in [-0.3, -0.25) is 0 Å². The summed E-state index contributed by atoms with van der Waals surface area (Å²) in [5.74, 6) is 2.78. The van der Waals surface area contributed by atoms with Gasteiger partial charge in [0.05, 0.1) is 0 Å². The molecular weight excluding hydrogens is 220 g/mol. The fourth-order valence-corrected chi connectivity index (χ4v) is 3.47. The van der Waals surface area contributed by atoms with Gasteiger partial charge in [0, 0.05) is 25.7 Å². The van der Waals surface area contributed by atoms with Crippen molar-refractivity contribution >= 4 is 0 Å². The van der Waals surface area contributed by atoms with Crippen LogP contribution in [0, 0.1) is 17.8 Å². The number of nitrogens with zero attached hydrogens (tertiary/aromatic N) is 1. The lowest BCUT2D eigenvalue weighted by molar-refractivity contribution is 0.156. The highest BCUT2D eigenvalue weighted by Gasteiger charge is 2.23. The molecule has 0 amide bonds. The van der Waals surface area contributed by atoms with Crippen LogP contribution in [0.4, 0.5) is 0 Å². The largest absolute Gasteiger partial charge is 0.311 e. The first-order valence-corrected chi connectivity index (χ1v) is 8.11. The second kappa shape index (κ2) is 6.91. The molecule has 0 aromatic rings. The summed E-state index contributed by atoms with van der Waals surface area (Å²) in [5, 5.41) is 3.65. The van der Waals surface area contributed by atoms with Crippen molar-refractivity contribution in [2.75, 3.05) is 26.2 Å². The Bertz CT molecular complexity index is 231. The zero-order valence-electron chi connectivity index (χ0n) is 12.6. The van der Waals surface area contributed by atoms with Crippen LogP contribution in [-0.2, 0) is 0 Å². The maximum absolute atomic E-state index is 3.65. The second-order valence-electron chi connectivity index (χ2n) is 7.02. The van der Waals surface area contributed by atoms with E-state index in [9.17, 15) is 0 Å². The molecule has 106 valence electrons. The van der Waals surface area contributed by atoms with Gasteiger partial charge in [-0.25, -0.2) is 0 Å². The van der Waals surface area contributed by atoms with Gasteiger partial charge >= 0.3 is 0 Å². The lowest BCUT2D eigenvalue weighted by atomic mass is 9.81. The highest BCUT2D eigenvalue weighted by Crippen LogP contribution is 2.30. The average Bonchev–Trinajstić information content (AvgIpc) is 2.38. The van der Waals surface area contributed by atoms with Crippen LogP contribution >= 0.6 is 0 Å². The highest BCUT2D eigenvalue weighted by atomic mass is 15.2. The Balaban J connectivity index is 1.67. The Hall–Kier alpha value is -0.0800. The van der Waals surface area contributed by atoms with E-state index in [4.69, 9.17) is 0 Å². The van der Waals surface area contributed by atoms with Gasteiger partial charge in [-0.1, -0.05) is 46.5 Å². The molecule has 2 heteroatoms. The van der Waals surface area contributed by atoms with E-state index < -0.39 is 0 Å². The summed E-state index contributed by atoms with van der Waals surface area (Å²) in [6, 6.07) is 0.713. The number of hydrogen-bond donors (Lipinski definition) is 1. The SMILES string of the molecule is CC1CCC(CCN2CCNC(C(C)C)C2)CC1. The molecule has 2 fully saturated rings. The zero-order valence-corrected chi connectivity index (χ0v) is 12.6. The zero-order chi connectivity index (χ0) is 13.0. The van der Waals surface area contributed by atoms with E-state index in [-0.39, 0.29) is 0 Å². The van der Waals surface area contributed by atoms with Crippen molar-refractivity contribution < 1.29 is 0 Å². The van der Waals surface area contributed by atoms with Crippen molar-refractivity contribution in [1.29, 1.82) is 0 Å². The predicted molar refractivity (Wildman–Crippen MR) is 78.8 cm³/mol. The van der Waals surface area contributed by atoms with E-state index in [1.165, 1.54) is 58.3 Å². The van der Waals surface area contributed by atoms with E-state index in [1.807, 2.05) is 0 Å². The van der Waals surface area contributed by atoms with Crippen LogP contribution in [0.1, 0.15) is 52.9 Å². The van der Waals surface area contributed by atoms with Crippen LogP contribution < -0.4 is 5.32 Å². The van der Waals surface area contributed by atoms with Gasteiger partial charge in [0.15, 0.2) is 0 Å². The molecule has 2 aliphatic rings. The summed E-state index contributed by atoms with van der Waals surface area (Å²) < 4.78 is 0. The van der Waals surface area contributed by atoms with Gasteiger partial charge in [0.25, 0.3) is 0 Å². The fourth-order valence-electron chi connectivity index (χ4n) is 3.47. The van der Waals surface area contributed by atoms with Gasteiger partial charge in [0.2, 0.25) is 0 Å². The molecule has 1 saturated carbocycles. The van der Waals surface area contributed by atoms with Crippen LogP contribution in [0.5, 0.6) is 0 Å². The third-order valence-corrected chi connectivity index (χ3v) is 5.08. The van der Waals surface area contributed by atoms with Crippen LogP contribution in [0.2, 0.25) is 0 Å². The molecule has 0 bridgehead atoms. The molecule has 1 aliphatic carbocycles. The number of piperazine rings is 1. The smallest absolute Gasteiger partial charge is 0.0218 e. The maximum Gasteiger partial charge on any atom is 0.0218 e. The monoisotopic (exact) mass is 252 g/mol. The molecule has 0 radical (unpaired) electrons. The minimum atomic E-state index is 0.713. The summed E-state index contributed by atoms with van der Waals surface area (Å²) in [7, 11) is 0. The van der Waals surface area contributed by atoms with Gasteiger partial charge in [-0.2, -0.15) is 0 Å². The van der Waals surface area contributed by atoms with Crippen LogP contribution in [-0.4, -0.2) is 37.1 Å². The third-order valence-electron chi connectivity index (χ3n) is 5.08.